The Hall–Kier alpha value is -3.65. The predicted molar refractivity (Wildman–Crippen MR) is 120 cm³/mol. The van der Waals surface area contributed by atoms with Crippen molar-refractivity contribution >= 4 is 17.5 Å². The third-order valence-corrected chi connectivity index (χ3v) is 5.43. The molecule has 0 saturated heterocycles. The number of nitrogens with one attached hydrogen (secondary N) is 1. The van der Waals surface area contributed by atoms with Crippen molar-refractivity contribution in [2.45, 2.75) is 19.1 Å². The van der Waals surface area contributed by atoms with Crippen molar-refractivity contribution in [3.63, 3.8) is 0 Å². The molecule has 1 N–H and O–H groups in total. The van der Waals surface area contributed by atoms with Crippen LogP contribution in [-0.4, -0.2) is 15.5 Å². The van der Waals surface area contributed by atoms with E-state index < -0.39 is 17.6 Å². The topological polar surface area (TPSA) is 46.9 Å². The van der Waals surface area contributed by atoms with Crippen LogP contribution in [0.25, 0.3) is 5.82 Å². The Bertz CT molecular complexity index is 1300. The van der Waals surface area contributed by atoms with Crippen LogP contribution in [0.2, 0.25) is 5.02 Å². The van der Waals surface area contributed by atoms with E-state index in [1.165, 1.54) is 29.0 Å². The summed E-state index contributed by atoms with van der Waals surface area (Å²) < 4.78 is 53.0. The fourth-order valence-corrected chi connectivity index (χ4v) is 3.66. The maximum Gasteiger partial charge on any atom is 0.417 e. The minimum absolute atomic E-state index is 0.0231. The molecular formula is C25H18ClF4N3O. The van der Waals surface area contributed by atoms with E-state index in [0.717, 1.165) is 22.8 Å². The van der Waals surface area contributed by atoms with Crippen LogP contribution < -0.4 is 5.32 Å². The number of hydrogen-bond acceptors (Lipinski definition) is 2. The lowest BCUT2D eigenvalue weighted by molar-refractivity contribution is -0.137. The van der Waals surface area contributed by atoms with Gasteiger partial charge in [-0.25, -0.2) is 9.37 Å². The standard InChI is InChI=1S/C25H18ClF4N3O/c26-21-13-19(25(28,29)30)15-31-23(21)33-11-1-2-22(33)24(34)32-14-18-5-3-16(4-6-18)12-17-7-9-20(27)10-8-17/h1-11,13,15H,12,14H2,(H,32,34). The molecular weight excluding hydrogens is 470 g/mol. The number of carbonyl (C=O) groups excluding carboxylic acids is 1. The fourth-order valence-electron chi connectivity index (χ4n) is 3.40. The van der Waals surface area contributed by atoms with E-state index in [2.05, 4.69) is 10.3 Å². The number of amides is 1. The van der Waals surface area contributed by atoms with E-state index in [4.69, 9.17) is 11.6 Å². The molecule has 2 aromatic heterocycles. The summed E-state index contributed by atoms with van der Waals surface area (Å²) >= 11 is 6.02. The van der Waals surface area contributed by atoms with E-state index in [1.807, 2.05) is 24.3 Å². The predicted octanol–water partition coefficient (Wildman–Crippen LogP) is 6.20. The smallest absolute Gasteiger partial charge is 0.347 e. The van der Waals surface area contributed by atoms with Crippen molar-refractivity contribution in [1.82, 2.24) is 14.9 Å². The van der Waals surface area contributed by atoms with Gasteiger partial charge >= 0.3 is 6.18 Å². The molecule has 4 aromatic rings. The Labute approximate surface area is 197 Å². The van der Waals surface area contributed by atoms with Crippen molar-refractivity contribution in [3.8, 4) is 5.82 Å². The molecule has 0 aliphatic heterocycles. The number of alkyl halides is 3. The van der Waals surface area contributed by atoms with Crippen molar-refractivity contribution in [1.29, 1.82) is 0 Å². The highest BCUT2D eigenvalue weighted by atomic mass is 35.5. The molecule has 0 fully saturated rings. The molecule has 0 saturated carbocycles. The second-order valence-electron chi connectivity index (χ2n) is 7.59. The number of halogens is 5. The third kappa shape index (κ3) is 5.46. The zero-order chi connectivity index (χ0) is 24.3. The van der Waals surface area contributed by atoms with Crippen LogP contribution in [0.1, 0.15) is 32.7 Å². The maximum atomic E-state index is 13.0. The average Bonchev–Trinajstić information content (AvgIpc) is 3.29. The summed E-state index contributed by atoms with van der Waals surface area (Å²) in [6.45, 7) is 0.245. The molecule has 1 amide bonds. The van der Waals surface area contributed by atoms with Crippen LogP contribution in [0.15, 0.2) is 79.1 Å². The van der Waals surface area contributed by atoms with Crippen LogP contribution in [0.4, 0.5) is 17.6 Å². The maximum absolute atomic E-state index is 13.0. The Kier molecular flexibility index (Phi) is 6.70. The highest BCUT2D eigenvalue weighted by Crippen LogP contribution is 2.32. The fraction of sp³-hybridized carbons (Fsp3) is 0.120. The Morgan fingerprint density at radius 1 is 0.971 bits per heavy atom. The molecule has 174 valence electrons. The van der Waals surface area contributed by atoms with Gasteiger partial charge in [0.05, 0.1) is 10.6 Å². The van der Waals surface area contributed by atoms with Gasteiger partial charge in [-0.2, -0.15) is 13.2 Å². The summed E-state index contributed by atoms with van der Waals surface area (Å²) in [4.78, 5) is 16.5. The van der Waals surface area contributed by atoms with Gasteiger partial charge in [0.25, 0.3) is 5.91 Å². The molecule has 34 heavy (non-hydrogen) atoms. The van der Waals surface area contributed by atoms with Crippen LogP contribution in [0.3, 0.4) is 0 Å². The van der Waals surface area contributed by atoms with Gasteiger partial charge in [0, 0.05) is 18.9 Å². The van der Waals surface area contributed by atoms with Crippen molar-refractivity contribution < 1.29 is 22.4 Å². The molecule has 2 aromatic carbocycles. The molecule has 0 aliphatic rings. The summed E-state index contributed by atoms with van der Waals surface area (Å²) in [5.41, 5.74) is 2.10. The summed E-state index contributed by atoms with van der Waals surface area (Å²) in [5, 5.41) is 2.56. The Balaban J connectivity index is 1.42. The molecule has 4 nitrogen and oxygen atoms in total. The summed E-state index contributed by atoms with van der Waals surface area (Å²) in [6.07, 6.45) is -1.74. The summed E-state index contributed by atoms with van der Waals surface area (Å²) in [5.74, 6) is -0.689. The summed E-state index contributed by atoms with van der Waals surface area (Å²) in [7, 11) is 0. The first-order chi connectivity index (χ1) is 16.2. The van der Waals surface area contributed by atoms with Crippen LogP contribution >= 0.6 is 11.6 Å². The molecule has 0 atom stereocenters. The molecule has 2 heterocycles. The first kappa shape index (κ1) is 23.5. The number of pyridine rings is 1. The van der Waals surface area contributed by atoms with Crippen LogP contribution in [0, 0.1) is 5.82 Å². The van der Waals surface area contributed by atoms with Gasteiger partial charge in [-0.3, -0.25) is 9.36 Å². The van der Waals surface area contributed by atoms with Crippen molar-refractivity contribution in [2.24, 2.45) is 0 Å². The van der Waals surface area contributed by atoms with Crippen molar-refractivity contribution in [3.05, 3.63) is 118 Å². The zero-order valence-corrected chi connectivity index (χ0v) is 18.4. The SMILES string of the molecule is O=C(NCc1ccc(Cc2ccc(F)cc2)cc1)c1cccn1-c1ncc(C(F)(F)F)cc1Cl. The first-order valence-electron chi connectivity index (χ1n) is 10.2. The van der Waals surface area contributed by atoms with Gasteiger partial charge in [0.15, 0.2) is 5.82 Å². The number of aromatic nitrogens is 2. The molecule has 0 unspecified atom stereocenters. The Morgan fingerprint density at radius 2 is 1.59 bits per heavy atom. The lowest BCUT2D eigenvalue weighted by Crippen LogP contribution is -2.25. The van der Waals surface area contributed by atoms with Gasteiger partial charge in [-0.05, 0) is 53.4 Å². The minimum atomic E-state index is -4.57. The van der Waals surface area contributed by atoms with Gasteiger partial charge in [0.1, 0.15) is 11.5 Å². The van der Waals surface area contributed by atoms with Crippen molar-refractivity contribution in [2.75, 3.05) is 0 Å². The zero-order valence-electron chi connectivity index (χ0n) is 17.6. The molecule has 0 aliphatic carbocycles. The van der Waals surface area contributed by atoms with E-state index in [9.17, 15) is 22.4 Å². The first-order valence-corrected chi connectivity index (χ1v) is 10.6. The highest BCUT2D eigenvalue weighted by Gasteiger charge is 2.32. The van der Waals surface area contributed by atoms with Gasteiger partial charge < -0.3 is 5.32 Å². The summed E-state index contributed by atoms with van der Waals surface area (Å²) in [6, 6.07) is 17.8. The van der Waals surface area contributed by atoms with E-state index >= 15 is 0 Å². The largest absolute Gasteiger partial charge is 0.417 e. The second kappa shape index (κ2) is 9.69. The van der Waals surface area contributed by atoms with E-state index in [1.54, 1.807) is 18.2 Å². The molecule has 0 bridgehead atoms. The normalized spacial score (nSPS) is 11.4. The molecule has 0 spiro atoms. The molecule has 4 rings (SSSR count). The van der Waals surface area contributed by atoms with Gasteiger partial charge in [-0.15, -0.1) is 0 Å². The van der Waals surface area contributed by atoms with Crippen LogP contribution in [-0.2, 0) is 19.1 Å². The molecule has 9 heteroatoms. The second-order valence-corrected chi connectivity index (χ2v) is 8.00. The third-order valence-electron chi connectivity index (χ3n) is 5.16. The number of hydrogen-bond donors (Lipinski definition) is 1. The molecule has 0 radical (unpaired) electrons. The van der Waals surface area contributed by atoms with E-state index in [-0.39, 0.29) is 28.9 Å². The van der Waals surface area contributed by atoms with Crippen LogP contribution in [0.5, 0.6) is 0 Å². The number of rotatable bonds is 6. The average molecular weight is 488 g/mol. The lowest BCUT2D eigenvalue weighted by Gasteiger charge is -2.13. The van der Waals surface area contributed by atoms with Gasteiger partial charge in [-0.1, -0.05) is 48.0 Å². The number of nitrogens with zero attached hydrogens (tertiary/aromatic N) is 2. The number of carbonyl (C=O) groups is 1. The quantitative estimate of drug-likeness (QED) is 0.329. The van der Waals surface area contributed by atoms with Gasteiger partial charge in [0.2, 0.25) is 0 Å². The number of benzene rings is 2. The Morgan fingerprint density at radius 3 is 2.21 bits per heavy atom. The lowest BCUT2D eigenvalue weighted by atomic mass is 10.0. The minimum Gasteiger partial charge on any atom is -0.347 e. The monoisotopic (exact) mass is 487 g/mol. The highest BCUT2D eigenvalue weighted by molar-refractivity contribution is 6.32. The van der Waals surface area contributed by atoms with E-state index in [0.29, 0.717) is 12.6 Å².